The van der Waals surface area contributed by atoms with Crippen LogP contribution in [-0.4, -0.2) is 35.5 Å². The Kier molecular flexibility index (Phi) is 4.36. The molecule has 1 saturated heterocycles. The molecule has 4 aromatic rings. The number of aromatic amines is 1. The van der Waals surface area contributed by atoms with Crippen LogP contribution in [0.4, 0.5) is 10.5 Å². The number of nitrogens with one attached hydrogen (secondary N) is 1. The summed E-state index contributed by atoms with van der Waals surface area (Å²) in [5.41, 5.74) is 4.28. The lowest BCUT2D eigenvalue weighted by atomic mass is 9.78. The number of carbonyl (C=O) groups excluding carboxylic acids is 2. The maximum Gasteiger partial charge on any atom is 0.332 e. The molecule has 0 spiro atoms. The van der Waals surface area contributed by atoms with Crippen molar-refractivity contribution in [2.75, 3.05) is 18.6 Å². The van der Waals surface area contributed by atoms with E-state index in [0.717, 1.165) is 39.0 Å². The Hall–Kier alpha value is -4.06. The minimum atomic E-state index is -1.13. The number of fused-ring (bicyclic) bond motifs is 5. The van der Waals surface area contributed by atoms with Gasteiger partial charge in [0.15, 0.2) is 5.54 Å². The minimum Gasteiger partial charge on any atom is -0.496 e. The van der Waals surface area contributed by atoms with Crippen LogP contribution in [0.15, 0.2) is 72.8 Å². The summed E-state index contributed by atoms with van der Waals surface area (Å²) in [6, 6.07) is 23.2. The molecule has 170 valence electrons. The molecule has 3 heterocycles. The van der Waals surface area contributed by atoms with E-state index in [1.807, 2.05) is 80.6 Å². The van der Waals surface area contributed by atoms with E-state index >= 15 is 0 Å². The smallest absolute Gasteiger partial charge is 0.332 e. The van der Waals surface area contributed by atoms with E-state index in [4.69, 9.17) is 4.74 Å². The maximum absolute atomic E-state index is 14.0. The number of nitrogens with zero attached hydrogens (tertiary/aromatic N) is 2. The zero-order valence-electron chi connectivity index (χ0n) is 19.3. The van der Waals surface area contributed by atoms with Crippen molar-refractivity contribution in [1.29, 1.82) is 0 Å². The van der Waals surface area contributed by atoms with Gasteiger partial charge < -0.3 is 14.6 Å². The maximum atomic E-state index is 14.0. The van der Waals surface area contributed by atoms with Crippen LogP contribution in [0.3, 0.4) is 0 Å². The number of anilines is 1. The first kappa shape index (κ1) is 20.5. The van der Waals surface area contributed by atoms with Crippen LogP contribution in [0.2, 0.25) is 0 Å². The number of aromatic nitrogens is 1. The van der Waals surface area contributed by atoms with Gasteiger partial charge in [-0.2, -0.15) is 0 Å². The fraction of sp³-hybridized carbons (Fsp3) is 0.214. The number of rotatable bonds is 3. The Bertz CT molecular complexity index is 1460. The van der Waals surface area contributed by atoms with Crippen molar-refractivity contribution in [1.82, 2.24) is 9.88 Å². The molecule has 0 radical (unpaired) electrons. The van der Waals surface area contributed by atoms with Gasteiger partial charge in [0, 0.05) is 28.9 Å². The Balaban J connectivity index is 1.60. The van der Waals surface area contributed by atoms with Crippen molar-refractivity contribution in [3.05, 3.63) is 95.2 Å². The normalized spacial score (nSPS) is 21.7. The molecule has 2 atom stereocenters. The molecule has 0 saturated carbocycles. The number of methoxy groups -OCH3 is 1. The molecule has 0 bridgehead atoms. The summed E-state index contributed by atoms with van der Waals surface area (Å²) in [4.78, 5) is 34.3. The average molecular weight is 452 g/mol. The quantitative estimate of drug-likeness (QED) is 0.429. The van der Waals surface area contributed by atoms with Crippen LogP contribution < -0.4 is 9.64 Å². The van der Waals surface area contributed by atoms with Crippen molar-refractivity contribution < 1.29 is 14.3 Å². The molecule has 3 amide bonds. The molecule has 1 N–H and O–H groups in total. The average Bonchev–Trinajstić information content (AvgIpc) is 3.34. The van der Waals surface area contributed by atoms with Crippen LogP contribution in [0.5, 0.6) is 5.75 Å². The molecule has 3 aromatic carbocycles. The Morgan fingerprint density at radius 2 is 1.68 bits per heavy atom. The number of para-hydroxylation sites is 2. The predicted molar refractivity (Wildman–Crippen MR) is 131 cm³/mol. The zero-order chi connectivity index (χ0) is 23.6. The zero-order valence-corrected chi connectivity index (χ0v) is 19.3. The van der Waals surface area contributed by atoms with Crippen molar-refractivity contribution in [3.63, 3.8) is 0 Å². The molecular formula is C28H25N3O3. The molecule has 1 aromatic heterocycles. The number of ether oxygens (including phenoxy) is 1. The number of hydrogen-bond acceptors (Lipinski definition) is 3. The van der Waals surface area contributed by atoms with Gasteiger partial charge in [0.05, 0.1) is 18.5 Å². The first-order chi connectivity index (χ1) is 16.4. The number of aryl methyl sites for hydroxylation is 1. The summed E-state index contributed by atoms with van der Waals surface area (Å²) in [5, 5.41) is 1.06. The summed E-state index contributed by atoms with van der Waals surface area (Å²) in [7, 11) is 1.66. The summed E-state index contributed by atoms with van der Waals surface area (Å²) in [5.74, 6) is 0.374. The number of H-pyrrole nitrogens is 1. The van der Waals surface area contributed by atoms with Crippen LogP contribution >= 0.6 is 0 Å². The molecule has 0 unspecified atom stereocenters. The lowest BCUT2D eigenvalue weighted by Gasteiger charge is -2.40. The number of urea groups is 1. The topological polar surface area (TPSA) is 65.6 Å². The third kappa shape index (κ3) is 2.62. The first-order valence-electron chi connectivity index (χ1n) is 11.4. The van der Waals surface area contributed by atoms with E-state index < -0.39 is 5.54 Å². The number of benzene rings is 3. The van der Waals surface area contributed by atoms with Gasteiger partial charge in [0.2, 0.25) is 0 Å². The highest BCUT2D eigenvalue weighted by Gasteiger charge is 2.60. The number of amides is 3. The largest absolute Gasteiger partial charge is 0.496 e. The minimum absolute atomic E-state index is 0.148. The molecule has 6 heteroatoms. The van der Waals surface area contributed by atoms with E-state index in [2.05, 4.69) is 11.1 Å². The lowest BCUT2D eigenvalue weighted by Crippen LogP contribution is -2.50. The fourth-order valence-electron chi connectivity index (χ4n) is 5.55. The summed E-state index contributed by atoms with van der Waals surface area (Å²) >= 11 is 0. The standard InChI is InChI=1S/C28H25N3O3/c1-17-12-14-18(15-13-17)31-26(32)28(2)25-24(20-9-4-6-10-22(20)29-25)21(16-30(28)27(31)33)19-8-5-7-11-23(19)34-3/h4-15,21,29H,16H2,1-3H3/t21-,28+/m1/s1. The van der Waals surface area contributed by atoms with E-state index in [9.17, 15) is 9.59 Å². The molecule has 0 aliphatic carbocycles. The fourth-order valence-corrected chi connectivity index (χ4v) is 5.55. The highest BCUT2D eigenvalue weighted by molar-refractivity contribution is 6.23. The van der Waals surface area contributed by atoms with Gasteiger partial charge in [-0.1, -0.05) is 54.1 Å². The van der Waals surface area contributed by atoms with E-state index in [0.29, 0.717) is 12.2 Å². The summed E-state index contributed by atoms with van der Waals surface area (Å²) in [6.07, 6.45) is 0. The molecule has 6 nitrogen and oxygen atoms in total. The van der Waals surface area contributed by atoms with Gasteiger partial charge in [-0.3, -0.25) is 4.79 Å². The molecule has 34 heavy (non-hydrogen) atoms. The van der Waals surface area contributed by atoms with Gasteiger partial charge in [0.25, 0.3) is 5.91 Å². The second-order valence-corrected chi connectivity index (χ2v) is 9.20. The predicted octanol–water partition coefficient (Wildman–Crippen LogP) is 5.31. The third-order valence-electron chi connectivity index (χ3n) is 7.33. The second-order valence-electron chi connectivity index (χ2n) is 9.20. The van der Waals surface area contributed by atoms with Gasteiger partial charge in [-0.05, 0) is 43.7 Å². The highest BCUT2D eigenvalue weighted by atomic mass is 16.5. The Labute approximate surface area is 197 Å². The van der Waals surface area contributed by atoms with Gasteiger partial charge in [-0.25, -0.2) is 9.69 Å². The van der Waals surface area contributed by atoms with Gasteiger partial charge in [0.1, 0.15) is 5.75 Å². The van der Waals surface area contributed by atoms with E-state index in [-0.39, 0.29) is 17.9 Å². The van der Waals surface area contributed by atoms with Crippen molar-refractivity contribution >= 4 is 28.5 Å². The SMILES string of the molecule is COc1ccccc1[C@H]1CN2C(=O)N(c3ccc(C)cc3)C(=O)[C@]2(C)c2[nH]c3ccccc3c21. The summed E-state index contributed by atoms with van der Waals surface area (Å²) in [6.45, 7) is 4.21. The van der Waals surface area contributed by atoms with Crippen LogP contribution in [0.1, 0.15) is 35.2 Å². The lowest BCUT2D eigenvalue weighted by molar-refractivity contribution is -0.125. The van der Waals surface area contributed by atoms with Gasteiger partial charge in [-0.15, -0.1) is 0 Å². The molecule has 6 rings (SSSR count). The molecular weight excluding hydrogens is 426 g/mol. The molecule has 2 aliphatic heterocycles. The van der Waals surface area contributed by atoms with Crippen LogP contribution in [0, 0.1) is 6.92 Å². The number of imide groups is 1. The third-order valence-corrected chi connectivity index (χ3v) is 7.33. The number of hydrogen-bond donors (Lipinski definition) is 1. The van der Waals surface area contributed by atoms with E-state index in [1.165, 1.54) is 4.90 Å². The molecule has 2 aliphatic rings. The van der Waals surface area contributed by atoms with Crippen molar-refractivity contribution in [2.45, 2.75) is 25.3 Å². The van der Waals surface area contributed by atoms with Crippen LogP contribution in [0.25, 0.3) is 10.9 Å². The summed E-state index contributed by atoms with van der Waals surface area (Å²) < 4.78 is 5.70. The second kappa shape index (κ2) is 7.22. The first-order valence-corrected chi connectivity index (χ1v) is 11.4. The molecule has 1 fully saturated rings. The van der Waals surface area contributed by atoms with Gasteiger partial charge >= 0.3 is 6.03 Å². The Morgan fingerprint density at radius 3 is 2.44 bits per heavy atom. The van der Waals surface area contributed by atoms with Crippen molar-refractivity contribution in [2.24, 2.45) is 0 Å². The number of carbonyl (C=O) groups is 2. The van der Waals surface area contributed by atoms with Crippen molar-refractivity contribution in [3.8, 4) is 5.75 Å². The highest BCUT2D eigenvalue weighted by Crippen LogP contribution is 2.51. The monoisotopic (exact) mass is 451 g/mol. The Morgan fingerprint density at radius 1 is 0.971 bits per heavy atom. The van der Waals surface area contributed by atoms with E-state index in [1.54, 1.807) is 12.0 Å². The van der Waals surface area contributed by atoms with Crippen LogP contribution in [-0.2, 0) is 10.3 Å².